The van der Waals surface area contributed by atoms with Gasteiger partial charge in [-0.1, -0.05) is 6.92 Å². The number of aliphatic hydroxyl groups is 1. The average Bonchev–Trinajstić information content (AvgIpc) is 2.15. The Hall–Kier alpha value is -0.610. The number of rotatable bonds is 7. The van der Waals surface area contributed by atoms with Crippen LogP contribution in [0.3, 0.4) is 0 Å². The number of hydrogen-bond donors (Lipinski definition) is 2. The lowest BCUT2D eigenvalue weighted by Gasteiger charge is -2.10. The molecule has 2 atom stereocenters. The van der Waals surface area contributed by atoms with E-state index in [1.165, 1.54) is 7.11 Å². The molecule has 4 heteroatoms. The number of ether oxygens (including phenoxy) is 1. The van der Waals surface area contributed by atoms with Crippen LogP contribution in [0.5, 0.6) is 0 Å². The second-order valence-electron chi connectivity index (χ2n) is 3.62. The summed E-state index contributed by atoms with van der Waals surface area (Å²) in [4.78, 5) is 11.0. The van der Waals surface area contributed by atoms with Crippen molar-refractivity contribution in [2.75, 3.05) is 20.2 Å². The van der Waals surface area contributed by atoms with Crippen molar-refractivity contribution in [3.63, 3.8) is 0 Å². The van der Waals surface area contributed by atoms with Crippen LogP contribution in [0.25, 0.3) is 0 Å². The topological polar surface area (TPSA) is 58.6 Å². The van der Waals surface area contributed by atoms with E-state index in [9.17, 15) is 4.79 Å². The zero-order valence-electron chi connectivity index (χ0n) is 9.25. The highest BCUT2D eigenvalue weighted by Crippen LogP contribution is 1.97. The first-order valence-electron chi connectivity index (χ1n) is 5.04. The molecule has 0 saturated carbocycles. The average molecular weight is 203 g/mol. The molecule has 14 heavy (non-hydrogen) atoms. The maximum Gasteiger partial charge on any atom is 0.309 e. The number of hydrogen-bond acceptors (Lipinski definition) is 4. The van der Waals surface area contributed by atoms with E-state index in [4.69, 9.17) is 5.11 Å². The second-order valence-corrected chi connectivity index (χ2v) is 3.62. The number of esters is 1. The largest absolute Gasteiger partial charge is 0.469 e. The summed E-state index contributed by atoms with van der Waals surface area (Å²) in [6.45, 7) is 5.06. The van der Waals surface area contributed by atoms with Crippen LogP contribution in [0, 0.1) is 5.92 Å². The Morgan fingerprint density at radius 3 is 2.64 bits per heavy atom. The lowest BCUT2D eigenvalue weighted by molar-refractivity contribution is -0.144. The Morgan fingerprint density at radius 2 is 2.14 bits per heavy atom. The first-order valence-corrected chi connectivity index (χ1v) is 5.04. The van der Waals surface area contributed by atoms with Crippen molar-refractivity contribution in [3.8, 4) is 0 Å². The van der Waals surface area contributed by atoms with Crippen molar-refractivity contribution < 1.29 is 14.6 Å². The van der Waals surface area contributed by atoms with E-state index in [2.05, 4.69) is 10.1 Å². The highest BCUT2D eigenvalue weighted by atomic mass is 16.5. The minimum absolute atomic E-state index is 0.105. The van der Waals surface area contributed by atoms with E-state index in [0.717, 1.165) is 19.4 Å². The van der Waals surface area contributed by atoms with Crippen LogP contribution >= 0.6 is 0 Å². The fourth-order valence-electron chi connectivity index (χ4n) is 1.13. The normalized spacial score (nSPS) is 14.9. The minimum Gasteiger partial charge on any atom is -0.469 e. The van der Waals surface area contributed by atoms with Gasteiger partial charge in [0.15, 0.2) is 0 Å². The second kappa shape index (κ2) is 7.76. The summed E-state index contributed by atoms with van der Waals surface area (Å²) in [7, 11) is 1.40. The highest BCUT2D eigenvalue weighted by Gasteiger charge is 2.11. The Morgan fingerprint density at radius 1 is 1.50 bits per heavy atom. The fraction of sp³-hybridized carbons (Fsp3) is 0.900. The first-order chi connectivity index (χ1) is 6.57. The van der Waals surface area contributed by atoms with Gasteiger partial charge in [-0.3, -0.25) is 4.79 Å². The smallest absolute Gasteiger partial charge is 0.309 e. The summed E-state index contributed by atoms with van der Waals surface area (Å²) in [5, 5.41) is 12.1. The molecule has 0 aliphatic carbocycles. The molecule has 0 aromatic carbocycles. The monoisotopic (exact) mass is 203 g/mol. The van der Waals surface area contributed by atoms with Gasteiger partial charge in [-0.05, 0) is 26.3 Å². The van der Waals surface area contributed by atoms with Crippen LogP contribution in [-0.2, 0) is 9.53 Å². The summed E-state index contributed by atoms with van der Waals surface area (Å²) >= 11 is 0. The summed E-state index contributed by atoms with van der Waals surface area (Å²) in [6.07, 6.45) is 1.47. The first kappa shape index (κ1) is 13.4. The third-order valence-electron chi connectivity index (χ3n) is 2.03. The maximum atomic E-state index is 11.0. The molecule has 0 aromatic rings. The van der Waals surface area contributed by atoms with E-state index in [1.807, 2.05) is 6.92 Å². The van der Waals surface area contributed by atoms with Crippen LogP contribution in [-0.4, -0.2) is 37.4 Å². The molecule has 2 N–H and O–H groups in total. The van der Waals surface area contributed by atoms with Crippen LogP contribution in [0.15, 0.2) is 0 Å². The van der Waals surface area contributed by atoms with E-state index in [0.29, 0.717) is 6.54 Å². The van der Waals surface area contributed by atoms with Crippen LogP contribution in [0.2, 0.25) is 0 Å². The van der Waals surface area contributed by atoms with Gasteiger partial charge in [-0.15, -0.1) is 0 Å². The van der Waals surface area contributed by atoms with E-state index >= 15 is 0 Å². The van der Waals surface area contributed by atoms with Crippen LogP contribution in [0.1, 0.15) is 26.7 Å². The van der Waals surface area contributed by atoms with Gasteiger partial charge in [0.05, 0.1) is 19.1 Å². The standard InChI is InChI=1S/C10H21NO3/c1-8(10(13)14-3)7-11-6-4-5-9(2)12/h8-9,11-12H,4-7H2,1-3H3. The molecule has 2 unspecified atom stereocenters. The van der Waals surface area contributed by atoms with Gasteiger partial charge in [0.1, 0.15) is 0 Å². The lowest BCUT2D eigenvalue weighted by Crippen LogP contribution is -2.28. The predicted molar refractivity (Wildman–Crippen MR) is 55.0 cm³/mol. The maximum absolute atomic E-state index is 11.0. The van der Waals surface area contributed by atoms with Crippen molar-refractivity contribution in [1.82, 2.24) is 5.32 Å². The molecule has 0 radical (unpaired) electrons. The Kier molecular flexibility index (Phi) is 7.42. The van der Waals surface area contributed by atoms with Gasteiger partial charge in [0.25, 0.3) is 0 Å². The zero-order valence-corrected chi connectivity index (χ0v) is 9.25. The Labute approximate surface area is 85.6 Å². The van der Waals surface area contributed by atoms with Gasteiger partial charge in [0.2, 0.25) is 0 Å². The molecule has 0 aliphatic rings. The molecule has 0 bridgehead atoms. The molecule has 0 aliphatic heterocycles. The van der Waals surface area contributed by atoms with E-state index in [-0.39, 0.29) is 18.0 Å². The molecule has 84 valence electrons. The van der Waals surface area contributed by atoms with Crippen molar-refractivity contribution in [2.45, 2.75) is 32.8 Å². The highest BCUT2D eigenvalue weighted by molar-refractivity contribution is 5.71. The third-order valence-corrected chi connectivity index (χ3v) is 2.03. The van der Waals surface area contributed by atoms with Gasteiger partial charge in [0, 0.05) is 6.54 Å². The van der Waals surface area contributed by atoms with Gasteiger partial charge >= 0.3 is 5.97 Å². The summed E-state index contributed by atoms with van der Waals surface area (Å²) in [5.74, 6) is -0.292. The molecular formula is C10H21NO3. The molecule has 0 heterocycles. The van der Waals surface area contributed by atoms with Gasteiger partial charge in [-0.25, -0.2) is 0 Å². The third kappa shape index (κ3) is 6.86. The molecule has 0 amide bonds. The molecule has 0 rings (SSSR count). The van der Waals surface area contributed by atoms with Crippen molar-refractivity contribution in [2.24, 2.45) is 5.92 Å². The number of carbonyl (C=O) groups excluding carboxylic acids is 1. The minimum atomic E-state index is -0.241. The van der Waals surface area contributed by atoms with E-state index in [1.54, 1.807) is 6.92 Å². The lowest BCUT2D eigenvalue weighted by atomic mass is 10.2. The molecule has 0 fully saturated rings. The van der Waals surface area contributed by atoms with Crippen molar-refractivity contribution >= 4 is 5.97 Å². The summed E-state index contributed by atoms with van der Waals surface area (Å²) in [5.41, 5.74) is 0. The van der Waals surface area contributed by atoms with Gasteiger partial charge < -0.3 is 15.2 Å². The number of carbonyl (C=O) groups is 1. The Bertz CT molecular complexity index is 159. The summed E-state index contributed by atoms with van der Waals surface area (Å²) in [6, 6.07) is 0. The zero-order chi connectivity index (χ0) is 11.0. The summed E-state index contributed by atoms with van der Waals surface area (Å²) < 4.78 is 4.59. The number of nitrogens with one attached hydrogen (secondary N) is 1. The van der Waals surface area contributed by atoms with E-state index < -0.39 is 0 Å². The molecular weight excluding hydrogens is 182 g/mol. The number of methoxy groups -OCH3 is 1. The van der Waals surface area contributed by atoms with Crippen LogP contribution in [0.4, 0.5) is 0 Å². The predicted octanol–water partition coefficient (Wildman–Crippen LogP) is 0.546. The SMILES string of the molecule is COC(=O)C(C)CNCCCC(C)O. The molecule has 0 aromatic heterocycles. The Balaban J connectivity index is 3.31. The quantitative estimate of drug-likeness (QED) is 0.468. The van der Waals surface area contributed by atoms with Crippen molar-refractivity contribution in [3.05, 3.63) is 0 Å². The van der Waals surface area contributed by atoms with Crippen molar-refractivity contribution in [1.29, 1.82) is 0 Å². The van der Waals surface area contributed by atoms with Crippen LogP contribution < -0.4 is 5.32 Å². The molecule has 4 nitrogen and oxygen atoms in total. The molecule has 0 spiro atoms. The van der Waals surface area contributed by atoms with Gasteiger partial charge in [-0.2, -0.15) is 0 Å². The molecule has 0 saturated heterocycles. The number of aliphatic hydroxyl groups excluding tert-OH is 1. The fourth-order valence-corrected chi connectivity index (χ4v) is 1.13.